The third-order valence-electron chi connectivity index (χ3n) is 10.9. The molecule has 0 saturated carbocycles. The van der Waals surface area contributed by atoms with Crippen molar-refractivity contribution in [2.75, 3.05) is 0 Å². The second kappa shape index (κ2) is 18.6. The molecule has 2 heteroatoms. The molecule has 0 aliphatic carbocycles. The predicted molar refractivity (Wildman–Crippen MR) is 225 cm³/mol. The molecule has 0 radical (unpaired) electrons. The van der Waals surface area contributed by atoms with Crippen molar-refractivity contribution in [3.63, 3.8) is 0 Å². The zero-order valence-corrected chi connectivity index (χ0v) is 36.9. The number of benzene rings is 4. The van der Waals surface area contributed by atoms with E-state index in [2.05, 4.69) is 139 Å². The summed E-state index contributed by atoms with van der Waals surface area (Å²) in [6.07, 6.45) is 10.5. The maximum Gasteiger partial charge on any atom is 4.00 e. The Morgan fingerprint density at radius 1 is 0.480 bits per heavy atom. The minimum absolute atomic E-state index is 0. The van der Waals surface area contributed by atoms with Crippen molar-refractivity contribution >= 4 is 40.0 Å². The molecule has 0 atom stereocenters. The van der Waals surface area contributed by atoms with Crippen molar-refractivity contribution in [2.45, 2.75) is 105 Å². The first-order chi connectivity index (χ1) is 22.8. The summed E-state index contributed by atoms with van der Waals surface area (Å²) in [7, 11) is -2.11. The first-order valence-corrected chi connectivity index (χ1v) is 20.8. The summed E-state index contributed by atoms with van der Waals surface area (Å²) in [6, 6.07) is 41.1. The third-order valence-corrected chi connectivity index (χ3v) is 16.1. The van der Waals surface area contributed by atoms with E-state index in [4.69, 9.17) is 0 Å². The molecule has 0 amide bonds. The van der Waals surface area contributed by atoms with E-state index in [0.29, 0.717) is 0 Å². The van der Waals surface area contributed by atoms with E-state index < -0.39 is 8.07 Å². The Labute approximate surface area is 325 Å². The van der Waals surface area contributed by atoms with Gasteiger partial charge in [0, 0.05) is 0 Å². The van der Waals surface area contributed by atoms with E-state index in [-0.39, 0.29) is 40.7 Å². The topological polar surface area (TPSA) is 0 Å². The fraction of sp³-hybridized carbons (Fsp3) is 0.333. The molecule has 0 unspecified atom stereocenters. The summed E-state index contributed by atoms with van der Waals surface area (Å²) in [5.41, 5.74) is 10.9. The van der Waals surface area contributed by atoms with Gasteiger partial charge in [0.05, 0.1) is 8.07 Å². The molecule has 0 aromatic heterocycles. The van der Waals surface area contributed by atoms with Crippen molar-refractivity contribution in [2.24, 2.45) is 0 Å². The van der Waals surface area contributed by atoms with Crippen molar-refractivity contribution in [3.05, 3.63) is 134 Å². The Morgan fingerprint density at radius 3 is 1.30 bits per heavy atom. The Bertz CT molecular complexity index is 1820. The molecular formula is C48H60HfSi. The number of fused-ring (bicyclic) bond motifs is 2. The quantitative estimate of drug-likeness (QED) is 0.0582. The Kier molecular flexibility index (Phi) is 15.5. The van der Waals surface area contributed by atoms with Gasteiger partial charge in [-0.25, -0.2) is 0 Å². The Balaban J connectivity index is 0.00000225. The summed E-state index contributed by atoms with van der Waals surface area (Å²) in [6.45, 7) is 13.6. The number of aryl methyl sites for hydroxylation is 4. The van der Waals surface area contributed by atoms with Crippen LogP contribution in [0.5, 0.6) is 0 Å². The van der Waals surface area contributed by atoms with Crippen LogP contribution in [0.2, 0.25) is 12.1 Å². The van der Waals surface area contributed by atoms with Gasteiger partial charge in [0.2, 0.25) is 0 Å². The van der Waals surface area contributed by atoms with Crippen LogP contribution in [0, 0.1) is 42.5 Å². The van der Waals surface area contributed by atoms with E-state index in [1.807, 2.05) is 0 Å². The fourth-order valence-corrected chi connectivity index (χ4v) is 13.3. The SMILES string of the molecule is CCCCCC[Si](CCCCCC)(c1cc2c(-c3cc(C)ccc3C)cccc2[cH-]1)c1cc2c(-c3cc(C)ccc3C)cccc2[cH-]1.[CH3-].[CH3-].[Hf+4]. The van der Waals surface area contributed by atoms with Gasteiger partial charge in [-0.1, -0.05) is 148 Å². The molecule has 0 fully saturated rings. The first-order valence-electron chi connectivity index (χ1n) is 18.4. The van der Waals surface area contributed by atoms with Crippen LogP contribution < -0.4 is 10.4 Å². The molecule has 6 aromatic rings. The van der Waals surface area contributed by atoms with Crippen LogP contribution in [0.25, 0.3) is 43.8 Å². The second-order valence-corrected chi connectivity index (χ2v) is 18.8. The van der Waals surface area contributed by atoms with E-state index in [0.717, 1.165) is 0 Å². The number of hydrogen-bond acceptors (Lipinski definition) is 0. The first kappa shape index (κ1) is 41.6. The number of unbranched alkanes of at least 4 members (excludes halogenated alkanes) is 6. The molecule has 6 rings (SSSR count). The molecule has 0 aliphatic rings. The molecule has 0 heterocycles. The minimum atomic E-state index is -2.11. The van der Waals surface area contributed by atoms with Crippen LogP contribution in [0.15, 0.2) is 97.1 Å². The van der Waals surface area contributed by atoms with Crippen molar-refractivity contribution in [3.8, 4) is 22.3 Å². The predicted octanol–water partition coefficient (Wildman–Crippen LogP) is 13.6. The van der Waals surface area contributed by atoms with Crippen molar-refractivity contribution < 1.29 is 25.8 Å². The maximum atomic E-state index is 2.65. The van der Waals surface area contributed by atoms with Crippen LogP contribution in [-0.4, -0.2) is 8.07 Å². The van der Waals surface area contributed by atoms with E-state index in [1.165, 1.54) is 130 Å². The van der Waals surface area contributed by atoms with E-state index in [9.17, 15) is 0 Å². The molecule has 0 bridgehead atoms. The zero-order valence-electron chi connectivity index (χ0n) is 32.3. The van der Waals surface area contributed by atoms with Gasteiger partial charge in [-0.05, 0) is 49.9 Å². The molecule has 260 valence electrons. The van der Waals surface area contributed by atoms with Gasteiger partial charge in [0.25, 0.3) is 0 Å². The zero-order chi connectivity index (χ0) is 33.0. The van der Waals surface area contributed by atoms with Crippen LogP contribution >= 0.6 is 0 Å². The summed E-state index contributed by atoms with van der Waals surface area (Å²) in [5.74, 6) is 0. The maximum absolute atomic E-state index is 2.65. The summed E-state index contributed by atoms with van der Waals surface area (Å²) in [5, 5.41) is 8.99. The number of rotatable bonds is 14. The molecule has 6 aromatic carbocycles. The molecule has 0 spiro atoms. The normalized spacial score (nSPS) is 11.3. The minimum Gasteiger partial charge on any atom is -0.358 e. The van der Waals surface area contributed by atoms with Crippen molar-refractivity contribution in [1.82, 2.24) is 0 Å². The average molecular weight is 844 g/mol. The van der Waals surface area contributed by atoms with Crippen LogP contribution in [0.4, 0.5) is 0 Å². The summed E-state index contributed by atoms with van der Waals surface area (Å²) >= 11 is 0. The smallest absolute Gasteiger partial charge is 0.358 e. The number of hydrogen-bond donors (Lipinski definition) is 0. The second-order valence-electron chi connectivity index (χ2n) is 14.4. The Hall–Kier alpha value is -2.81. The van der Waals surface area contributed by atoms with Crippen LogP contribution in [0.1, 0.15) is 87.5 Å². The fourth-order valence-electron chi connectivity index (χ4n) is 8.12. The molecule has 0 aliphatic heterocycles. The van der Waals surface area contributed by atoms with Gasteiger partial charge in [-0.3, -0.25) is 0 Å². The molecule has 50 heavy (non-hydrogen) atoms. The largest absolute Gasteiger partial charge is 4.00 e. The van der Waals surface area contributed by atoms with Gasteiger partial charge < -0.3 is 14.9 Å². The third kappa shape index (κ3) is 8.62. The van der Waals surface area contributed by atoms with Gasteiger partial charge in [0.15, 0.2) is 0 Å². The van der Waals surface area contributed by atoms with Crippen LogP contribution in [-0.2, 0) is 25.8 Å². The standard InChI is InChI=1S/C46H54Si.2CH3.Hf/c1-7-9-11-13-25-47(26-14-12-10-8-2,39-29-37-17-15-19-41(45(37)31-39)43-27-33(3)21-23-35(43)5)40-30-38-18-16-20-42(46(38)32-40)44-28-34(4)22-24-36(44)6;;;/h15-24,27-32H,7-14,25-26H2,1-6H3;2*1H3;/q-2;2*-1;+4. The Morgan fingerprint density at radius 2 is 0.900 bits per heavy atom. The molecular weight excluding hydrogens is 783 g/mol. The van der Waals surface area contributed by atoms with Crippen molar-refractivity contribution in [1.29, 1.82) is 0 Å². The summed E-state index contributed by atoms with van der Waals surface area (Å²) in [4.78, 5) is 0. The van der Waals surface area contributed by atoms with E-state index >= 15 is 0 Å². The molecule has 0 saturated heterocycles. The van der Waals surface area contributed by atoms with Gasteiger partial charge in [-0.15, -0.1) is 68.3 Å². The van der Waals surface area contributed by atoms with Crippen LogP contribution in [0.3, 0.4) is 0 Å². The monoisotopic (exact) mass is 844 g/mol. The average Bonchev–Trinajstić information content (AvgIpc) is 3.72. The van der Waals surface area contributed by atoms with Gasteiger partial charge in [-0.2, -0.15) is 12.1 Å². The summed E-state index contributed by atoms with van der Waals surface area (Å²) < 4.78 is 0. The van der Waals surface area contributed by atoms with Gasteiger partial charge >= 0.3 is 25.8 Å². The molecule has 0 N–H and O–H groups in total. The van der Waals surface area contributed by atoms with Gasteiger partial charge in [0.1, 0.15) is 0 Å². The molecule has 0 nitrogen and oxygen atoms in total. The van der Waals surface area contributed by atoms with E-state index in [1.54, 1.807) is 10.4 Å².